The SMILES string of the molecule is COCCN(c1ccncc1)S(=O)(=O)c1ccc(Cl)s1. The summed E-state index contributed by atoms with van der Waals surface area (Å²) >= 11 is 6.85. The summed E-state index contributed by atoms with van der Waals surface area (Å²) in [5.41, 5.74) is 0.543. The molecule has 0 amide bonds. The molecule has 20 heavy (non-hydrogen) atoms. The summed E-state index contributed by atoms with van der Waals surface area (Å²) in [6, 6.07) is 6.36. The van der Waals surface area contributed by atoms with Crippen LogP contribution in [0.4, 0.5) is 5.69 Å². The normalized spacial score (nSPS) is 11.5. The molecule has 0 spiro atoms. The van der Waals surface area contributed by atoms with E-state index in [2.05, 4.69) is 4.98 Å². The van der Waals surface area contributed by atoms with Crippen molar-refractivity contribution in [3.8, 4) is 0 Å². The van der Waals surface area contributed by atoms with Gasteiger partial charge in [0.15, 0.2) is 0 Å². The first kappa shape index (κ1) is 15.2. The van der Waals surface area contributed by atoms with Crippen LogP contribution in [0.3, 0.4) is 0 Å². The second-order valence-corrected chi connectivity index (χ2v) is 7.64. The topological polar surface area (TPSA) is 59.5 Å². The van der Waals surface area contributed by atoms with Crippen LogP contribution >= 0.6 is 22.9 Å². The van der Waals surface area contributed by atoms with Crippen molar-refractivity contribution in [3.63, 3.8) is 0 Å². The summed E-state index contributed by atoms with van der Waals surface area (Å²) in [5.74, 6) is 0. The van der Waals surface area contributed by atoms with Gasteiger partial charge >= 0.3 is 0 Å². The van der Waals surface area contributed by atoms with E-state index in [1.807, 2.05) is 0 Å². The Morgan fingerprint density at radius 2 is 2.00 bits per heavy atom. The minimum atomic E-state index is -3.65. The fourth-order valence-electron chi connectivity index (χ4n) is 1.62. The minimum absolute atomic E-state index is 0.204. The van der Waals surface area contributed by atoms with Crippen molar-refractivity contribution < 1.29 is 13.2 Å². The van der Waals surface area contributed by atoms with E-state index in [0.717, 1.165) is 11.3 Å². The molecule has 0 N–H and O–H groups in total. The second-order valence-electron chi connectivity index (χ2n) is 3.83. The monoisotopic (exact) mass is 332 g/mol. The number of halogens is 1. The highest BCUT2D eigenvalue weighted by Gasteiger charge is 2.26. The molecule has 0 aliphatic heterocycles. The van der Waals surface area contributed by atoms with Crippen molar-refractivity contribution in [2.75, 3.05) is 24.6 Å². The summed E-state index contributed by atoms with van der Waals surface area (Å²) < 4.78 is 32.2. The smallest absolute Gasteiger partial charge is 0.273 e. The Labute approximate surface area is 126 Å². The molecule has 0 saturated carbocycles. The second kappa shape index (κ2) is 6.53. The Morgan fingerprint density at radius 1 is 1.30 bits per heavy atom. The molecule has 0 atom stereocenters. The zero-order chi connectivity index (χ0) is 14.6. The summed E-state index contributed by atoms with van der Waals surface area (Å²) in [6.07, 6.45) is 3.10. The predicted octanol–water partition coefficient (Wildman–Crippen LogP) is 2.64. The lowest BCUT2D eigenvalue weighted by Gasteiger charge is -2.23. The number of pyridine rings is 1. The van der Waals surface area contributed by atoms with Gasteiger partial charge in [0.2, 0.25) is 0 Å². The largest absolute Gasteiger partial charge is 0.383 e. The number of hydrogen-bond donors (Lipinski definition) is 0. The highest BCUT2D eigenvalue weighted by molar-refractivity contribution is 7.94. The Kier molecular flexibility index (Phi) is 4.98. The number of nitrogens with zero attached hydrogens (tertiary/aromatic N) is 2. The minimum Gasteiger partial charge on any atom is -0.383 e. The predicted molar refractivity (Wildman–Crippen MR) is 80.0 cm³/mol. The molecule has 5 nitrogen and oxygen atoms in total. The van der Waals surface area contributed by atoms with Crippen LogP contribution in [0.5, 0.6) is 0 Å². The molecule has 2 heterocycles. The fraction of sp³-hybridized carbons (Fsp3) is 0.250. The van der Waals surface area contributed by atoms with Gasteiger partial charge in [-0.2, -0.15) is 0 Å². The Bertz CT molecular complexity index is 658. The Hall–Kier alpha value is -1.15. The number of rotatable bonds is 6. The number of anilines is 1. The zero-order valence-corrected chi connectivity index (χ0v) is 13.1. The molecule has 2 rings (SSSR count). The quantitative estimate of drug-likeness (QED) is 0.816. The van der Waals surface area contributed by atoms with Crippen molar-refractivity contribution >= 4 is 38.6 Å². The Morgan fingerprint density at radius 3 is 2.55 bits per heavy atom. The van der Waals surface area contributed by atoms with E-state index < -0.39 is 10.0 Å². The van der Waals surface area contributed by atoms with E-state index in [-0.39, 0.29) is 10.8 Å². The van der Waals surface area contributed by atoms with E-state index in [1.165, 1.54) is 17.5 Å². The van der Waals surface area contributed by atoms with Gasteiger partial charge in [-0.05, 0) is 24.3 Å². The van der Waals surface area contributed by atoms with Crippen LogP contribution in [0.2, 0.25) is 4.34 Å². The fourth-order valence-corrected chi connectivity index (χ4v) is 4.66. The van der Waals surface area contributed by atoms with E-state index in [4.69, 9.17) is 16.3 Å². The standard InChI is InChI=1S/C12H13ClN2O3S2/c1-18-9-8-15(10-4-6-14-7-5-10)20(16,17)12-3-2-11(13)19-12/h2-7H,8-9H2,1H3. The Balaban J connectivity index is 2.40. The van der Waals surface area contributed by atoms with Crippen LogP contribution in [0.1, 0.15) is 0 Å². The van der Waals surface area contributed by atoms with Gasteiger partial charge in [0.1, 0.15) is 4.21 Å². The summed E-state index contributed by atoms with van der Waals surface area (Å²) in [6.45, 7) is 0.513. The third-order valence-corrected chi connectivity index (χ3v) is 6.07. The lowest BCUT2D eigenvalue weighted by atomic mass is 10.4. The third-order valence-electron chi connectivity index (χ3n) is 2.54. The highest BCUT2D eigenvalue weighted by Crippen LogP contribution is 2.30. The van der Waals surface area contributed by atoms with Gasteiger partial charge in [0, 0.05) is 19.5 Å². The molecule has 0 bridgehead atoms. The average Bonchev–Trinajstić information content (AvgIpc) is 2.88. The van der Waals surface area contributed by atoms with Crippen molar-refractivity contribution in [2.45, 2.75) is 4.21 Å². The zero-order valence-electron chi connectivity index (χ0n) is 10.7. The van der Waals surface area contributed by atoms with Crippen molar-refractivity contribution in [3.05, 3.63) is 41.0 Å². The maximum absolute atomic E-state index is 12.7. The van der Waals surface area contributed by atoms with Gasteiger partial charge in [-0.1, -0.05) is 11.6 Å². The first-order valence-corrected chi connectivity index (χ1v) is 8.36. The lowest BCUT2D eigenvalue weighted by Crippen LogP contribution is -2.33. The highest BCUT2D eigenvalue weighted by atomic mass is 35.5. The van der Waals surface area contributed by atoms with Crippen LogP contribution in [-0.2, 0) is 14.8 Å². The first-order valence-electron chi connectivity index (χ1n) is 5.73. The molecule has 0 fully saturated rings. The van der Waals surface area contributed by atoms with Gasteiger partial charge in [-0.3, -0.25) is 9.29 Å². The van der Waals surface area contributed by atoms with Gasteiger partial charge in [-0.15, -0.1) is 11.3 Å². The van der Waals surface area contributed by atoms with Crippen LogP contribution in [0.25, 0.3) is 0 Å². The van der Waals surface area contributed by atoms with E-state index >= 15 is 0 Å². The van der Waals surface area contributed by atoms with E-state index in [9.17, 15) is 8.42 Å². The van der Waals surface area contributed by atoms with Gasteiger partial charge in [0.05, 0.1) is 23.2 Å². The summed E-state index contributed by atoms with van der Waals surface area (Å²) in [4.78, 5) is 3.90. The van der Waals surface area contributed by atoms with Crippen LogP contribution < -0.4 is 4.31 Å². The molecule has 0 aliphatic rings. The molecule has 0 saturated heterocycles. The molecule has 0 unspecified atom stereocenters. The molecule has 0 radical (unpaired) electrons. The number of methoxy groups -OCH3 is 1. The van der Waals surface area contributed by atoms with Gasteiger partial charge in [-0.25, -0.2) is 8.42 Å². The maximum atomic E-state index is 12.7. The van der Waals surface area contributed by atoms with Crippen molar-refractivity contribution in [1.29, 1.82) is 0 Å². The molecule has 8 heteroatoms. The maximum Gasteiger partial charge on any atom is 0.273 e. The molecule has 108 valence electrons. The van der Waals surface area contributed by atoms with Gasteiger partial charge < -0.3 is 4.74 Å². The number of sulfonamides is 1. The van der Waals surface area contributed by atoms with E-state index in [0.29, 0.717) is 16.6 Å². The molecule has 2 aromatic heterocycles. The van der Waals surface area contributed by atoms with Crippen molar-refractivity contribution in [2.24, 2.45) is 0 Å². The summed E-state index contributed by atoms with van der Waals surface area (Å²) in [7, 11) is -2.12. The number of aromatic nitrogens is 1. The van der Waals surface area contributed by atoms with E-state index in [1.54, 1.807) is 30.6 Å². The first-order chi connectivity index (χ1) is 9.55. The van der Waals surface area contributed by atoms with Crippen LogP contribution in [-0.4, -0.2) is 33.7 Å². The van der Waals surface area contributed by atoms with Crippen LogP contribution in [0.15, 0.2) is 40.9 Å². The number of hydrogen-bond acceptors (Lipinski definition) is 5. The average molecular weight is 333 g/mol. The van der Waals surface area contributed by atoms with Gasteiger partial charge in [0.25, 0.3) is 10.0 Å². The summed E-state index contributed by atoms with van der Waals surface area (Å²) in [5, 5.41) is 0. The molecular formula is C12H13ClN2O3S2. The molecule has 0 aromatic carbocycles. The number of thiophene rings is 1. The third kappa shape index (κ3) is 3.29. The molecule has 0 aliphatic carbocycles. The molecular weight excluding hydrogens is 320 g/mol. The molecule has 2 aromatic rings. The number of ether oxygens (including phenoxy) is 1. The van der Waals surface area contributed by atoms with Crippen molar-refractivity contribution in [1.82, 2.24) is 4.98 Å². The lowest BCUT2D eigenvalue weighted by molar-refractivity contribution is 0.208. The van der Waals surface area contributed by atoms with Crippen LogP contribution in [0, 0.1) is 0 Å².